The van der Waals surface area contributed by atoms with E-state index in [9.17, 15) is 18.0 Å². The highest BCUT2D eigenvalue weighted by Gasteiger charge is 2.40. The molecule has 10 heteroatoms. The van der Waals surface area contributed by atoms with E-state index < -0.39 is 12.1 Å². The fourth-order valence-electron chi connectivity index (χ4n) is 3.15. The molecule has 28 heavy (non-hydrogen) atoms. The normalized spacial score (nSPS) is 15.9. The summed E-state index contributed by atoms with van der Waals surface area (Å²) in [5.41, 5.74) is 0.863. The van der Waals surface area contributed by atoms with Gasteiger partial charge < -0.3 is 10.2 Å². The second-order valence-electron chi connectivity index (χ2n) is 6.88. The largest absolute Gasteiger partial charge is 0.471 e. The molecule has 1 aliphatic rings. The first-order valence-corrected chi connectivity index (χ1v) is 9.72. The Labute approximate surface area is 163 Å². The summed E-state index contributed by atoms with van der Waals surface area (Å²) in [4.78, 5) is 18.6. The Balaban J connectivity index is 1.75. The van der Waals surface area contributed by atoms with Gasteiger partial charge in [0.05, 0.1) is 0 Å². The fourth-order valence-corrected chi connectivity index (χ4v) is 4.11. The average Bonchev–Trinajstić information content (AvgIpc) is 3.21. The van der Waals surface area contributed by atoms with Crippen LogP contribution in [0.4, 0.5) is 24.1 Å². The number of carbonyl (C=O) groups excluding carboxylic acids is 1. The van der Waals surface area contributed by atoms with Gasteiger partial charge in [-0.1, -0.05) is 48.6 Å². The minimum absolute atomic E-state index is 0.0728. The number of nitrogens with one attached hydrogen (secondary N) is 1. The number of hydrogen-bond acceptors (Lipinski definition) is 5. The Hall–Kier alpha value is -2.62. The third-order valence-corrected chi connectivity index (χ3v) is 5.75. The van der Waals surface area contributed by atoms with Crippen molar-refractivity contribution < 1.29 is 18.0 Å². The lowest BCUT2D eigenvalue weighted by Crippen LogP contribution is -2.33. The molecule has 1 aliphatic heterocycles. The van der Waals surface area contributed by atoms with Crippen LogP contribution in [0.15, 0.2) is 30.3 Å². The number of rotatable bonds is 3. The number of imidazole rings is 1. The number of carbonyl (C=O) groups is 1. The molecular formula is C18H18F3N5OS. The highest BCUT2D eigenvalue weighted by Crippen LogP contribution is 2.35. The van der Waals surface area contributed by atoms with Crippen LogP contribution >= 0.6 is 11.3 Å². The summed E-state index contributed by atoms with van der Waals surface area (Å²) in [7, 11) is 0. The molecule has 0 atom stereocenters. The Morgan fingerprint density at radius 2 is 1.89 bits per heavy atom. The zero-order chi connectivity index (χ0) is 19.9. The molecule has 1 aromatic carbocycles. The summed E-state index contributed by atoms with van der Waals surface area (Å²) >= 11 is 1.30. The maximum Gasteiger partial charge on any atom is 0.471 e. The van der Waals surface area contributed by atoms with Gasteiger partial charge in [-0.15, -0.1) is 5.10 Å². The molecular weight excluding hydrogens is 391 g/mol. The van der Waals surface area contributed by atoms with Crippen molar-refractivity contribution in [2.75, 3.05) is 23.3 Å². The number of aromatic nitrogens is 3. The summed E-state index contributed by atoms with van der Waals surface area (Å²) in [6, 6.07) is 8.76. The number of nitrogens with zero attached hydrogens (tertiary/aromatic N) is 4. The van der Waals surface area contributed by atoms with E-state index in [-0.39, 0.29) is 11.5 Å². The average molecular weight is 409 g/mol. The van der Waals surface area contributed by atoms with Crippen LogP contribution in [0.3, 0.4) is 0 Å². The molecule has 6 nitrogen and oxygen atoms in total. The summed E-state index contributed by atoms with van der Waals surface area (Å²) in [5, 5.41) is 7.11. The van der Waals surface area contributed by atoms with Crippen LogP contribution in [0.1, 0.15) is 19.8 Å². The van der Waals surface area contributed by atoms with Crippen molar-refractivity contribution in [3.63, 3.8) is 0 Å². The van der Waals surface area contributed by atoms with E-state index in [1.54, 1.807) is 30.3 Å². The zero-order valence-electron chi connectivity index (χ0n) is 15.0. The standard InChI is InChI=1S/C18H18F3N5OS/c1-11-7-9-25(10-8-11)17-24-26-14(23-15(27)18(19,20)21)13(22-16(26)28-17)12-5-3-2-4-6-12/h2-6,11H,7-10H2,1H3,(H,23,27). The molecule has 0 saturated carbocycles. The van der Waals surface area contributed by atoms with Gasteiger partial charge in [0.1, 0.15) is 5.69 Å². The molecule has 0 bridgehead atoms. The molecule has 148 valence electrons. The smallest absolute Gasteiger partial charge is 0.347 e. The van der Waals surface area contributed by atoms with E-state index in [0.717, 1.165) is 25.9 Å². The van der Waals surface area contributed by atoms with Crippen molar-refractivity contribution in [2.45, 2.75) is 25.9 Å². The molecule has 0 radical (unpaired) electrons. The molecule has 1 N–H and O–H groups in total. The predicted molar refractivity (Wildman–Crippen MR) is 102 cm³/mol. The number of halogens is 3. The Kier molecular flexibility index (Phi) is 4.74. The molecule has 4 rings (SSSR count). The Morgan fingerprint density at radius 1 is 1.21 bits per heavy atom. The third-order valence-electron chi connectivity index (χ3n) is 4.78. The molecule has 0 aliphatic carbocycles. The first-order valence-electron chi connectivity index (χ1n) is 8.91. The highest BCUT2D eigenvalue weighted by atomic mass is 32.1. The second kappa shape index (κ2) is 7.08. The fraction of sp³-hybridized carbons (Fsp3) is 0.389. The van der Waals surface area contributed by atoms with E-state index in [1.165, 1.54) is 15.9 Å². The van der Waals surface area contributed by atoms with Gasteiger partial charge in [0.15, 0.2) is 5.82 Å². The van der Waals surface area contributed by atoms with E-state index in [4.69, 9.17) is 0 Å². The Bertz CT molecular complexity index is 990. The molecule has 0 spiro atoms. The van der Waals surface area contributed by atoms with Gasteiger partial charge in [0.2, 0.25) is 10.1 Å². The lowest BCUT2D eigenvalue weighted by molar-refractivity contribution is -0.167. The number of alkyl halides is 3. The van der Waals surface area contributed by atoms with E-state index in [2.05, 4.69) is 21.9 Å². The first kappa shape index (κ1) is 18.7. The van der Waals surface area contributed by atoms with Gasteiger partial charge in [-0.3, -0.25) is 4.79 Å². The summed E-state index contributed by atoms with van der Waals surface area (Å²) < 4.78 is 39.8. The van der Waals surface area contributed by atoms with Crippen LogP contribution < -0.4 is 10.2 Å². The maximum absolute atomic E-state index is 12.8. The quantitative estimate of drug-likeness (QED) is 0.705. The molecule has 1 saturated heterocycles. The summed E-state index contributed by atoms with van der Waals surface area (Å²) in [5.74, 6) is -1.48. The van der Waals surface area contributed by atoms with Gasteiger partial charge in [-0.2, -0.15) is 17.7 Å². The van der Waals surface area contributed by atoms with Crippen LogP contribution in [0.25, 0.3) is 16.2 Å². The van der Waals surface area contributed by atoms with Crippen LogP contribution in [0.2, 0.25) is 0 Å². The van der Waals surface area contributed by atoms with Crippen molar-refractivity contribution in [1.82, 2.24) is 14.6 Å². The van der Waals surface area contributed by atoms with Gasteiger partial charge in [0.25, 0.3) is 0 Å². The minimum Gasteiger partial charge on any atom is -0.347 e. The number of hydrogen-bond donors (Lipinski definition) is 1. The lowest BCUT2D eigenvalue weighted by Gasteiger charge is -2.29. The maximum atomic E-state index is 12.8. The monoisotopic (exact) mass is 409 g/mol. The number of amides is 1. The van der Waals surface area contributed by atoms with Crippen LogP contribution in [0, 0.1) is 5.92 Å². The molecule has 3 aromatic rings. The second-order valence-corrected chi connectivity index (χ2v) is 7.81. The lowest BCUT2D eigenvalue weighted by atomic mass is 10.00. The van der Waals surface area contributed by atoms with Crippen molar-refractivity contribution in [3.05, 3.63) is 30.3 Å². The van der Waals surface area contributed by atoms with Crippen molar-refractivity contribution >= 4 is 33.2 Å². The van der Waals surface area contributed by atoms with E-state index in [1.807, 2.05) is 5.32 Å². The van der Waals surface area contributed by atoms with Crippen molar-refractivity contribution in [3.8, 4) is 11.3 Å². The van der Waals surface area contributed by atoms with Gasteiger partial charge in [-0.05, 0) is 18.8 Å². The molecule has 2 aromatic heterocycles. The van der Waals surface area contributed by atoms with E-state index in [0.29, 0.717) is 21.6 Å². The molecule has 0 unspecified atom stereocenters. The topological polar surface area (TPSA) is 62.5 Å². The Morgan fingerprint density at radius 3 is 2.54 bits per heavy atom. The minimum atomic E-state index is -5.00. The first-order chi connectivity index (χ1) is 13.3. The van der Waals surface area contributed by atoms with Crippen LogP contribution in [-0.4, -0.2) is 39.8 Å². The van der Waals surface area contributed by atoms with Gasteiger partial charge in [0, 0.05) is 18.7 Å². The highest BCUT2D eigenvalue weighted by molar-refractivity contribution is 7.20. The predicted octanol–water partition coefficient (Wildman–Crippen LogP) is 4.19. The van der Waals surface area contributed by atoms with E-state index >= 15 is 0 Å². The number of benzene rings is 1. The molecule has 3 heterocycles. The number of anilines is 2. The van der Waals surface area contributed by atoms with Gasteiger partial charge in [-0.25, -0.2) is 4.98 Å². The third kappa shape index (κ3) is 3.56. The number of fused-ring (bicyclic) bond motifs is 1. The zero-order valence-corrected chi connectivity index (χ0v) is 15.8. The number of piperidine rings is 1. The van der Waals surface area contributed by atoms with Crippen LogP contribution in [-0.2, 0) is 4.79 Å². The molecule has 1 fully saturated rings. The summed E-state index contributed by atoms with van der Waals surface area (Å²) in [6.07, 6.45) is -2.93. The van der Waals surface area contributed by atoms with Crippen LogP contribution in [0.5, 0.6) is 0 Å². The molecule has 1 amide bonds. The van der Waals surface area contributed by atoms with Crippen molar-refractivity contribution in [2.24, 2.45) is 5.92 Å². The summed E-state index contributed by atoms with van der Waals surface area (Å²) in [6.45, 7) is 3.88. The van der Waals surface area contributed by atoms with Crippen molar-refractivity contribution in [1.29, 1.82) is 0 Å². The SMILES string of the molecule is CC1CCN(c2nn3c(NC(=O)C(F)(F)F)c(-c4ccccc4)nc3s2)CC1. The van der Waals surface area contributed by atoms with Gasteiger partial charge >= 0.3 is 12.1 Å².